The highest BCUT2D eigenvalue weighted by atomic mass is 32.2. The average Bonchev–Trinajstić information content (AvgIpc) is 3.09. The van der Waals surface area contributed by atoms with E-state index in [0.29, 0.717) is 11.7 Å². The molecule has 1 atom stereocenters. The van der Waals surface area contributed by atoms with Crippen molar-refractivity contribution in [2.75, 3.05) is 0 Å². The van der Waals surface area contributed by atoms with Crippen molar-refractivity contribution < 1.29 is 5.11 Å². The summed E-state index contributed by atoms with van der Waals surface area (Å²) in [7, 11) is 0. The fraction of sp³-hybridized carbons (Fsp3) is 0.538. The molecule has 0 amide bonds. The summed E-state index contributed by atoms with van der Waals surface area (Å²) in [4.78, 5) is 5.21. The zero-order valence-corrected chi connectivity index (χ0v) is 12.1. The summed E-state index contributed by atoms with van der Waals surface area (Å²) in [6.07, 6.45) is 6.01. The molecule has 0 bridgehead atoms. The molecule has 1 saturated carbocycles. The van der Waals surface area contributed by atoms with Crippen LogP contribution >= 0.6 is 11.8 Å². The number of rotatable bonds is 4. The van der Waals surface area contributed by atoms with E-state index in [0.717, 1.165) is 22.9 Å². The quantitative estimate of drug-likeness (QED) is 0.932. The van der Waals surface area contributed by atoms with E-state index in [2.05, 4.69) is 20.5 Å². The van der Waals surface area contributed by atoms with E-state index in [1.54, 1.807) is 13.1 Å². The molecule has 0 aliphatic heterocycles. The summed E-state index contributed by atoms with van der Waals surface area (Å²) in [5.41, 5.74) is 0.671. The Balaban J connectivity index is 1.76. The van der Waals surface area contributed by atoms with Crippen molar-refractivity contribution >= 4 is 11.8 Å². The molecule has 2 aromatic heterocycles. The van der Waals surface area contributed by atoms with Crippen LogP contribution in [-0.4, -0.2) is 30.3 Å². The fourth-order valence-corrected chi connectivity index (χ4v) is 3.24. The third-order valence-corrected chi connectivity index (χ3v) is 4.46. The largest absolute Gasteiger partial charge is 0.387 e. The average molecular weight is 291 g/mol. The first-order valence-electron chi connectivity index (χ1n) is 6.84. The van der Waals surface area contributed by atoms with E-state index >= 15 is 0 Å². The Morgan fingerprint density at radius 2 is 2.15 bits per heavy atom. The van der Waals surface area contributed by atoms with Crippen LogP contribution < -0.4 is 0 Å². The van der Waals surface area contributed by atoms with Gasteiger partial charge in [0, 0.05) is 11.1 Å². The van der Waals surface area contributed by atoms with E-state index < -0.39 is 6.10 Å². The molecule has 1 N–H and O–H groups in total. The lowest BCUT2D eigenvalue weighted by Gasteiger charge is -2.10. The van der Waals surface area contributed by atoms with Gasteiger partial charge in [0.15, 0.2) is 0 Å². The summed E-state index contributed by atoms with van der Waals surface area (Å²) in [5.74, 6) is 0. The summed E-state index contributed by atoms with van der Waals surface area (Å²) >= 11 is 1.51. The van der Waals surface area contributed by atoms with Gasteiger partial charge in [0.2, 0.25) is 5.16 Å². The molecule has 0 saturated heterocycles. The van der Waals surface area contributed by atoms with Crippen LogP contribution in [-0.2, 0) is 0 Å². The number of aliphatic hydroxyl groups is 1. The molecule has 0 radical (unpaired) electrons. The van der Waals surface area contributed by atoms with Gasteiger partial charge in [-0.1, -0.05) is 12.8 Å². The molecular formula is C13H17N5OS. The number of tetrazole rings is 1. The van der Waals surface area contributed by atoms with Crippen molar-refractivity contribution in [3.63, 3.8) is 0 Å². The van der Waals surface area contributed by atoms with Crippen LogP contribution in [0.25, 0.3) is 0 Å². The van der Waals surface area contributed by atoms with Gasteiger partial charge in [0.05, 0.1) is 17.8 Å². The first kappa shape index (κ1) is 13.5. The Morgan fingerprint density at radius 3 is 2.80 bits per heavy atom. The molecular weight excluding hydrogens is 274 g/mol. The number of hydrogen-bond donors (Lipinski definition) is 1. The normalized spacial score (nSPS) is 17.5. The monoisotopic (exact) mass is 291 g/mol. The van der Waals surface area contributed by atoms with Crippen molar-refractivity contribution in [1.82, 2.24) is 25.2 Å². The maximum absolute atomic E-state index is 9.45. The van der Waals surface area contributed by atoms with Gasteiger partial charge in [0.25, 0.3) is 0 Å². The highest BCUT2D eigenvalue weighted by Gasteiger charge is 2.21. The molecule has 2 heterocycles. The van der Waals surface area contributed by atoms with Crippen LogP contribution in [0.3, 0.4) is 0 Å². The smallest absolute Gasteiger partial charge is 0.214 e. The molecule has 1 aliphatic carbocycles. The minimum Gasteiger partial charge on any atom is -0.387 e. The molecule has 0 spiro atoms. The molecule has 2 aromatic rings. The van der Waals surface area contributed by atoms with Gasteiger partial charge in [-0.2, -0.15) is 0 Å². The Labute approximate surface area is 121 Å². The summed E-state index contributed by atoms with van der Waals surface area (Å²) < 4.78 is 1.93. The van der Waals surface area contributed by atoms with E-state index in [9.17, 15) is 5.11 Å². The van der Waals surface area contributed by atoms with Gasteiger partial charge in [-0.15, -0.1) is 5.10 Å². The van der Waals surface area contributed by atoms with E-state index in [-0.39, 0.29) is 0 Å². The van der Waals surface area contributed by atoms with Crippen LogP contribution in [0.1, 0.15) is 50.4 Å². The topological polar surface area (TPSA) is 76.7 Å². The number of nitrogens with zero attached hydrogens (tertiary/aromatic N) is 5. The fourth-order valence-electron chi connectivity index (χ4n) is 2.44. The lowest BCUT2D eigenvalue weighted by molar-refractivity contribution is 0.194. The van der Waals surface area contributed by atoms with Crippen molar-refractivity contribution in [3.05, 3.63) is 24.0 Å². The van der Waals surface area contributed by atoms with Crippen LogP contribution in [0.15, 0.2) is 28.4 Å². The Morgan fingerprint density at radius 1 is 1.35 bits per heavy atom. The SMILES string of the molecule is C[C@H](O)c1ccc(Sc2nnnn2C2CCCC2)cn1. The van der Waals surface area contributed by atoms with Crippen LogP contribution in [0.4, 0.5) is 0 Å². The first-order chi connectivity index (χ1) is 9.74. The van der Waals surface area contributed by atoms with Crippen LogP contribution in [0.2, 0.25) is 0 Å². The Kier molecular flexibility index (Phi) is 3.98. The highest BCUT2D eigenvalue weighted by Crippen LogP contribution is 2.33. The maximum Gasteiger partial charge on any atom is 0.214 e. The highest BCUT2D eigenvalue weighted by molar-refractivity contribution is 7.99. The molecule has 6 nitrogen and oxygen atoms in total. The molecule has 106 valence electrons. The molecule has 3 rings (SSSR count). The van der Waals surface area contributed by atoms with Crippen molar-refractivity contribution in [2.45, 2.75) is 54.8 Å². The molecule has 20 heavy (non-hydrogen) atoms. The summed E-state index contributed by atoms with van der Waals surface area (Å²) in [6.45, 7) is 1.70. The lowest BCUT2D eigenvalue weighted by atomic mass is 10.2. The van der Waals surface area contributed by atoms with Gasteiger partial charge < -0.3 is 5.11 Å². The predicted molar refractivity (Wildman–Crippen MR) is 74.3 cm³/mol. The second kappa shape index (κ2) is 5.88. The summed E-state index contributed by atoms with van der Waals surface area (Å²) in [5, 5.41) is 22.3. The van der Waals surface area contributed by atoms with E-state index in [1.807, 2.05) is 16.8 Å². The number of aliphatic hydroxyl groups excluding tert-OH is 1. The van der Waals surface area contributed by atoms with Gasteiger partial charge in [0.1, 0.15) is 0 Å². The van der Waals surface area contributed by atoms with Gasteiger partial charge >= 0.3 is 0 Å². The standard InChI is InChI=1S/C13H17N5OS/c1-9(19)12-7-6-11(8-14-12)20-13-15-16-17-18(13)10-4-2-3-5-10/h6-10,19H,2-5H2,1H3/t9-/m0/s1. The molecule has 1 fully saturated rings. The van der Waals surface area contributed by atoms with E-state index in [4.69, 9.17) is 0 Å². The van der Waals surface area contributed by atoms with Crippen LogP contribution in [0.5, 0.6) is 0 Å². The van der Waals surface area contributed by atoms with Crippen LogP contribution in [0, 0.1) is 0 Å². The van der Waals surface area contributed by atoms with Crippen molar-refractivity contribution in [1.29, 1.82) is 0 Å². The summed E-state index contributed by atoms with van der Waals surface area (Å²) in [6, 6.07) is 4.20. The Bertz CT molecular complexity index is 562. The lowest BCUT2D eigenvalue weighted by Crippen LogP contribution is -2.08. The number of aromatic nitrogens is 5. The second-order valence-electron chi connectivity index (χ2n) is 5.04. The van der Waals surface area contributed by atoms with Gasteiger partial charge in [-0.3, -0.25) is 4.98 Å². The first-order valence-corrected chi connectivity index (χ1v) is 7.65. The third kappa shape index (κ3) is 2.83. The van der Waals surface area contributed by atoms with Crippen molar-refractivity contribution in [2.24, 2.45) is 0 Å². The number of hydrogen-bond acceptors (Lipinski definition) is 6. The van der Waals surface area contributed by atoms with Gasteiger partial charge in [-0.25, -0.2) is 4.68 Å². The second-order valence-corrected chi connectivity index (χ2v) is 6.08. The zero-order chi connectivity index (χ0) is 13.9. The predicted octanol–water partition coefficient (Wildman–Crippen LogP) is 2.39. The van der Waals surface area contributed by atoms with Gasteiger partial charge in [-0.05, 0) is 54.1 Å². The van der Waals surface area contributed by atoms with E-state index in [1.165, 1.54) is 24.6 Å². The Hall–Kier alpha value is -1.47. The molecule has 0 unspecified atom stereocenters. The third-order valence-electron chi connectivity index (χ3n) is 3.53. The van der Waals surface area contributed by atoms with Crippen molar-refractivity contribution in [3.8, 4) is 0 Å². The molecule has 1 aliphatic rings. The maximum atomic E-state index is 9.45. The molecule has 7 heteroatoms. The minimum atomic E-state index is -0.544. The molecule has 0 aromatic carbocycles. The minimum absolute atomic E-state index is 0.428. The zero-order valence-electron chi connectivity index (χ0n) is 11.3. The number of pyridine rings is 1.